The Balaban J connectivity index is 1.16. The molecule has 6 heteroatoms. The molecule has 0 radical (unpaired) electrons. The lowest BCUT2D eigenvalue weighted by Gasteiger charge is -2.09. The second-order valence-corrected chi connectivity index (χ2v) is 15.5. The Morgan fingerprint density at radius 2 is 1.04 bits per heavy atom. The number of rotatable bonds is 4. The minimum atomic E-state index is -0.264. The van der Waals surface area contributed by atoms with Crippen molar-refractivity contribution in [1.82, 2.24) is 15.0 Å². The van der Waals surface area contributed by atoms with Crippen LogP contribution >= 0.6 is 34.0 Å². The molecule has 7 aromatic carbocycles. The fraction of sp³-hybridized carbons (Fsp3) is 0. The van der Waals surface area contributed by atoms with Crippen molar-refractivity contribution in [3.05, 3.63) is 152 Å². The summed E-state index contributed by atoms with van der Waals surface area (Å²) in [6.45, 7) is 0. The average Bonchev–Trinajstić information content (AvgIpc) is 3.94. The summed E-state index contributed by atoms with van der Waals surface area (Å²) < 4.78 is 60.9. The third-order valence-electron chi connectivity index (χ3n) is 9.25. The quantitative estimate of drug-likeness (QED) is 0.183. The lowest BCUT2D eigenvalue weighted by Crippen LogP contribution is -2.00. The fourth-order valence-corrected chi connectivity index (χ4v) is 10.2. The monoisotopic (exact) mass is 709 g/mol. The Morgan fingerprint density at radius 1 is 0.392 bits per heavy atom. The molecule has 238 valence electrons. The van der Waals surface area contributed by atoms with Crippen molar-refractivity contribution in [3.8, 4) is 45.3 Å². The molecular formula is C45H25N3S3. The van der Waals surface area contributed by atoms with Gasteiger partial charge in [-0.1, -0.05) is 109 Å². The van der Waals surface area contributed by atoms with Gasteiger partial charge in [-0.2, -0.15) is 0 Å². The molecule has 11 aromatic rings. The number of fused-ring (bicyclic) bond motifs is 9. The first-order valence-corrected chi connectivity index (χ1v) is 18.8. The Bertz CT molecular complexity index is 3500. The molecular weight excluding hydrogens is 679 g/mol. The molecule has 4 aromatic heterocycles. The van der Waals surface area contributed by atoms with Crippen LogP contribution in [0.1, 0.15) is 8.22 Å². The number of hydrogen-bond donors (Lipinski definition) is 0. The fourth-order valence-electron chi connectivity index (χ4n) is 6.81. The highest BCUT2D eigenvalue weighted by atomic mass is 32.1. The average molecular weight is 710 g/mol. The van der Waals surface area contributed by atoms with Gasteiger partial charge in [-0.3, -0.25) is 0 Å². The van der Waals surface area contributed by atoms with Gasteiger partial charge in [-0.05, 0) is 53.6 Å². The number of nitrogens with zero attached hydrogens (tertiary/aromatic N) is 3. The van der Waals surface area contributed by atoms with E-state index >= 15 is 0 Å². The van der Waals surface area contributed by atoms with Gasteiger partial charge in [0.15, 0.2) is 17.5 Å². The summed E-state index contributed by atoms with van der Waals surface area (Å²) in [4.78, 5) is 14.7. The first kappa shape index (κ1) is 23.6. The van der Waals surface area contributed by atoms with E-state index < -0.39 is 0 Å². The lowest BCUT2D eigenvalue weighted by atomic mass is 10.0. The van der Waals surface area contributed by atoms with E-state index in [-0.39, 0.29) is 53.0 Å². The smallest absolute Gasteiger partial charge is 0.164 e. The molecule has 0 N–H and O–H groups in total. The molecule has 4 heterocycles. The van der Waals surface area contributed by atoms with E-state index in [1.54, 1.807) is 22.7 Å². The van der Waals surface area contributed by atoms with Crippen molar-refractivity contribution in [2.75, 3.05) is 0 Å². The highest BCUT2D eigenvalue weighted by Gasteiger charge is 2.17. The Morgan fingerprint density at radius 3 is 1.86 bits per heavy atom. The van der Waals surface area contributed by atoms with E-state index in [1.165, 1.54) is 16.0 Å². The minimum Gasteiger partial charge on any atom is -0.208 e. The molecule has 0 saturated heterocycles. The molecule has 0 unspecified atom stereocenters. The molecule has 0 amide bonds. The van der Waals surface area contributed by atoms with Crippen molar-refractivity contribution in [1.29, 1.82) is 0 Å². The zero-order valence-corrected chi connectivity index (χ0v) is 29.0. The third kappa shape index (κ3) is 4.72. The van der Waals surface area contributed by atoms with Gasteiger partial charge in [-0.25, -0.2) is 15.0 Å². The van der Waals surface area contributed by atoms with Gasteiger partial charge < -0.3 is 0 Å². The molecule has 0 aliphatic carbocycles. The summed E-state index contributed by atoms with van der Waals surface area (Å²) in [6, 6.07) is 37.0. The van der Waals surface area contributed by atoms with Crippen molar-refractivity contribution >= 4 is 94.5 Å². The van der Waals surface area contributed by atoms with Gasteiger partial charge in [0, 0.05) is 77.2 Å². The van der Waals surface area contributed by atoms with Crippen LogP contribution in [0.4, 0.5) is 0 Å². The number of hydrogen-bond acceptors (Lipinski definition) is 6. The van der Waals surface area contributed by atoms with Gasteiger partial charge in [-0.15, -0.1) is 34.0 Å². The predicted molar refractivity (Wildman–Crippen MR) is 220 cm³/mol. The number of thiophene rings is 3. The van der Waals surface area contributed by atoms with E-state index in [0.29, 0.717) is 32.0 Å². The molecule has 0 bridgehead atoms. The van der Waals surface area contributed by atoms with Gasteiger partial charge in [0.1, 0.15) is 0 Å². The summed E-state index contributed by atoms with van der Waals surface area (Å²) in [7, 11) is 0. The maximum Gasteiger partial charge on any atom is 0.164 e. The van der Waals surface area contributed by atoms with E-state index in [0.717, 1.165) is 52.3 Å². The van der Waals surface area contributed by atoms with Crippen LogP contribution in [0, 0.1) is 0 Å². The maximum atomic E-state index is 9.65. The van der Waals surface area contributed by atoms with Crippen molar-refractivity contribution < 1.29 is 8.22 Å². The minimum absolute atomic E-state index is 0.0500. The molecule has 0 aliphatic heterocycles. The molecule has 0 fully saturated rings. The standard InChI is InChI=1S/C45H25N3S3/c1-2-9-26(10-3-1)43-46-44(28-19-22-39-36(23-28)32-12-5-7-16-38(32)49-39)48-45(47-43)29-18-21-34-35-14-8-13-30(42(35)51-41(34)25-29)27-17-20-33-31-11-4-6-15-37(31)50-40(33)24-27/h1-25H/i8D,13D,14D,18D,21D,25D. The normalized spacial score (nSPS) is 13.6. The van der Waals surface area contributed by atoms with Gasteiger partial charge in [0.25, 0.3) is 0 Å². The van der Waals surface area contributed by atoms with E-state index in [1.807, 2.05) is 78.9 Å². The zero-order chi connectivity index (χ0) is 38.7. The lowest BCUT2D eigenvalue weighted by molar-refractivity contribution is 1.08. The second kappa shape index (κ2) is 11.4. The SMILES string of the molecule is [2H]c1c([2H])c([2H])c2c(sc3c([2H])c(-c4nc(-c5ccccc5)nc(-c5ccc6sc7ccccc7c6c5)n4)c([2H])c([2H])c32)c1-c1ccc2c(c1)sc1ccccc12. The number of benzene rings is 7. The predicted octanol–water partition coefficient (Wildman–Crippen LogP) is 13.6. The van der Waals surface area contributed by atoms with Crippen LogP contribution < -0.4 is 0 Å². The van der Waals surface area contributed by atoms with Crippen molar-refractivity contribution in [2.45, 2.75) is 0 Å². The van der Waals surface area contributed by atoms with Crippen molar-refractivity contribution in [3.63, 3.8) is 0 Å². The molecule has 0 spiro atoms. The van der Waals surface area contributed by atoms with Crippen molar-refractivity contribution in [2.24, 2.45) is 0 Å². The van der Waals surface area contributed by atoms with Gasteiger partial charge >= 0.3 is 0 Å². The van der Waals surface area contributed by atoms with Crippen LogP contribution in [0.15, 0.2) is 152 Å². The molecule has 0 aliphatic rings. The molecule has 3 nitrogen and oxygen atoms in total. The van der Waals surface area contributed by atoms with Crippen LogP contribution in [0.2, 0.25) is 0 Å². The van der Waals surface area contributed by atoms with Gasteiger partial charge in [0.2, 0.25) is 0 Å². The van der Waals surface area contributed by atoms with Crippen LogP contribution in [0.5, 0.6) is 0 Å². The summed E-state index contributed by atoms with van der Waals surface area (Å²) in [5.74, 6) is 0.849. The second-order valence-electron chi connectivity index (χ2n) is 12.3. The molecule has 0 atom stereocenters. The summed E-state index contributed by atoms with van der Waals surface area (Å²) in [6.07, 6.45) is 0. The third-order valence-corrected chi connectivity index (χ3v) is 12.7. The first-order valence-electron chi connectivity index (χ1n) is 19.4. The van der Waals surface area contributed by atoms with E-state index in [2.05, 4.69) is 36.4 Å². The topological polar surface area (TPSA) is 38.7 Å². The summed E-state index contributed by atoms with van der Waals surface area (Å²) >= 11 is 4.59. The Hall–Kier alpha value is -5.79. The van der Waals surface area contributed by atoms with Gasteiger partial charge in [0.05, 0.1) is 8.22 Å². The zero-order valence-electron chi connectivity index (χ0n) is 32.5. The molecule has 11 rings (SSSR count). The highest BCUT2D eigenvalue weighted by Crippen LogP contribution is 2.43. The molecule has 51 heavy (non-hydrogen) atoms. The maximum absolute atomic E-state index is 9.65. The summed E-state index contributed by atoms with van der Waals surface area (Å²) in [5, 5.41) is 5.02. The van der Waals surface area contributed by atoms with E-state index in [9.17, 15) is 4.11 Å². The van der Waals surface area contributed by atoms with Crippen LogP contribution in [-0.4, -0.2) is 15.0 Å². The Labute approximate surface area is 313 Å². The van der Waals surface area contributed by atoms with Crippen LogP contribution in [0.25, 0.3) is 106 Å². The first-order chi connectivity index (χ1) is 27.7. The van der Waals surface area contributed by atoms with E-state index in [4.69, 9.17) is 19.1 Å². The highest BCUT2D eigenvalue weighted by molar-refractivity contribution is 7.27. The number of aromatic nitrogens is 3. The van der Waals surface area contributed by atoms with Crippen LogP contribution in [-0.2, 0) is 0 Å². The molecule has 0 saturated carbocycles. The largest absolute Gasteiger partial charge is 0.208 e. The summed E-state index contributed by atoms with van der Waals surface area (Å²) in [5.41, 5.74) is 2.77. The Kier molecular flexibility index (Phi) is 5.26. The van der Waals surface area contributed by atoms with Crippen LogP contribution in [0.3, 0.4) is 0 Å².